The Labute approximate surface area is 117 Å². The molecule has 19 heavy (non-hydrogen) atoms. The Balaban J connectivity index is 2.29. The second-order valence-electron chi connectivity index (χ2n) is 4.77. The number of carbonyl (C=O) groups excluding carboxylic acids is 2. The van der Waals surface area contributed by atoms with Crippen LogP contribution in [0.1, 0.15) is 10.4 Å². The van der Waals surface area contributed by atoms with Crippen LogP contribution in [0.4, 0.5) is 5.69 Å². The van der Waals surface area contributed by atoms with E-state index in [4.69, 9.17) is 11.6 Å². The predicted octanol–water partition coefficient (Wildman–Crippen LogP) is 1.30. The SMILES string of the molecule is CN(C)CCN1CC(=O)Nc2ccc(Cl)cc2C1=O. The summed E-state index contributed by atoms with van der Waals surface area (Å²) in [6, 6.07) is 4.90. The van der Waals surface area contributed by atoms with Crippen LogP contribution < -0.4 is 5.32 Å². The van der Waals surface area contributed by atoms with E-state index in [1.807, 2.05) is 19.0 Å². The molecule has 2 rings (SSSR count). The van der Waals surface area contributed by atoms with Gasteiger partial charge in [0.15, 0.2) is 0 Å². The number of benzene rings is 1. The smallest absolute Gasteiger partial charge is 0.256 e. The quantitative estimate of drug-likeness (QED) is 0.908. The van der Waals surface area contributed by atoms with Crippen molar-refractivity contribution in [3.63, 3.8) is 0 Å². The van der Waals surface area contributed by atoms with Gasteiger partial charge in [-0.2, -0.15) is 0 Å². The standard InChI is InChI=1S/C13H16ClN3O2/c1-16(2)5-6-17-8-12(18)15-11-4-3-9(14)7-10(11)13(17)19/h3-4,7H,5-6,8H2,1-2H3,(H,15,18). The molecule has 2 amide bonds. The molecule has 1 heterocycles. The van der Waals surface area contributed by atoms with E-state index < -0.39 is 0 Å². The van der Waals surface area contributed by atoms with E-state index in [0.717, 1.165) is 0 Å². The van der Waals surface area contributed by atoms with Gasteiger partial charge in [-0.15, -0.1) is 0 Å². The summed E-state index contributed by atoms with van der Waals surface area (Å²) in [6.07, 6.45) is 0. The lowest BCUT2D eigenvalue weighted by molar-refractivity contribution is -0.116. The van der Waals surface area contributed by atoms with Gasteiger partial charge < -0.3 is 15.1 Å². The molecule has 0 atom stereocenters. The van der Waals surface area contributed by atoms with Crippen molar-refractivity contribution >= 4 is 29.1 Å². The van der Waals surface area contributed by atoms with Crippen molar-refractivity contribution in [1.82, 2.24) is 9.80 Å². The molecule has 102 valence electrons. The maximum atomic E-state index is 12.4. The fourth-order valence-corrected chi connectivity index (χ4v) is 2.08. The van der Waals surface area contributed by atoms with E-state index in [2.05, 4.69) is 5.32 Å². The molecular weight excluding hydrogens is 266 g/mol. The average Bonchev–Trinajstić information content (AvgIpc) is 2.45. The van der Waals surface area contributed by atoms with Crippen LogP contribution in [-0.2, 0) is 4.79 Å². The summed E-state index contributed by atoms with van der Waals surface area (Å²) in [7, 11) is 3.85. The number of fused-ring (bicyclic) bond motifs is 1. The zero-order valence-electron chi connectivity index (χ0n) is 10.9. The zero-order valence-corrected chi connectivity index (χ0v) is 11.7. The van der Waals surface area contributed by atoms with Crippen LogP contribution in [0, 0.1) is 0 Å². The van der Waals surface area contributed by atoms with Gasteiger partial charge in [-0.05, 0) is 32.3 Å². The zero-order chi connectivity index (χ0) is 14.0. The Bertz CT molecular complexity index is 517. The van der Waals surface area contributed by atoms with Gasteiger partial charge in [0.25, 0.3) is 5.91 Å². The first-order chi connectivity index (χ1) is 8.97. The number of hydrogen-bond acceptors (Lipinski definition) is 3. The highest BCUT2D eigenvalue weighted by molar-refractivity contribution is 6.31. The van der Waals surface area contributed by atoms with Gasteiger partial charge in [0.1, 0.15) is 6.54 Å². The van der Waals surface area contributed by atoms with E-state index >= 15 is 0 Å². The number of anilines is 1. The van der Waals surface area contributed by atoms with Crippen molar-refractivity contribution in [1.29, 1.82) is 0 Å². The summed E-state index contributed by atoms with van der Waals surface area (Å²) >= 11 is 5.92. The van der Waals surface area contributed by atoms with Crippen molar-refractivity contribution in [2.45, 2.75) is 0 Å². The molecule has 0 saturated heterocycles. The summed E-state index contributed by atoms with van der Waals surface area (Å²) < 4.78 is 0. The molecule has 0 saturated carbocycles. The first-order valence-electron chi connectivity index (χ1n) is 6.01. The first-order valence-corrected chi connectivity index (χ1v) is 6.38. The second kappa shape index (κ2) is 5.59. The molecule has 0 fully saturated rings. The van der Waals surface area contributed by atoms with Gasteiger partial charge >= 0.3 is 0 Å². The minimum absolute atomic E-state index is 0.0684. The van der Waals surface area contributed by atoms with Gasteiger partial charge in [0.2, 0.25) is 5.91 Å². The topological polar surface area (TPSA) is 52.6 Å². The molecule has 0 unspecified atom stereocenters. The number of halogens is 1. The highest BCUT2D eigenvalue weighted by Crippen LogP contribution is 2.24. The summed E-state index contributed by atoms with van der Waals surface area (Å²) in [5.41, 5.74) is 0.962. The van der Waals surface area contributed by atoms with Gasteiger partial charge in [-0.3, -0.25) is 9.59 Å². The van der Waals surface area contributed by atoms with E-state index in [9.17, 15) is 9.59 Å². The summed E-state index contributed by atoms with van der Waals surface area (Å²) in [5, 5.41) is 3.21. The monoisotopic (exact) mass is 281 g/mol. The number of rotatable bonds is 3. The molecule has 1 aliphatic heterocycles. The number of likely N-dealkylation sites (N-methyl/N-ethyl adjacent to an activating group) is 1. The first kappa shape index (κ1) is 13.8. The molecule has 1 aliphatic rings. The van der Waals surface area contributed by atoms with Gasteiger partial charge in [-0.1, -0.05) is 11.6 Å². The maximum absolute atomic E-state index is 12.4. The second-order valence-corrected chi connectivity index (χ2v) is 5.20. The van der Waals surface area contributed by atoms with Crippen LogP contribution >= 0.6 is 11.6 Å². The van der Waals surface area contributed by atoms with E-state index in [-0.39, 0.29) is 18.4 Å². The minimum Gasteiger partial charge on any atom is -0.328 e. The molecule has 5 nitrogen and oxygen atoms in total. The maximum Gasteiger partial charge on any atom is 0.256 e. The molecule has 1 aromatic rings. The third-order valence-electron chi connectivity index (χ3n) is 2.92. The van der Waals surface area contributed by atoms with E-state index in [1.165, 1.54) is 4.90 Å². The average molecular weight is 282 g/mol. The number of nitrogens with one attached hydrogen (secondary N) is 1. The third kappa shape index (κ3) is 3.24. The largest absolute Gasteiger partial charge is 0.328 e. The molecule has 0 aliphatic carbocycles. The normalized spacial score (nSPS) is 15.3. The summed E-state index contributed by atoms with van der Waals surface area (Å²) in [5.74, 6) is -0.356. The number of hydrogen-bond donors (Lipinski definition) is 1. The lowest BCUT2D eigenvalue weighted by atomic mass is 10.1. The van der Waals surface area contributed by atoms with Gasteiger partial charge in [-0.25, -0.2) is 0 Å². The Morgan fingerprint density at radius 1 is 1.37 bits per heavy atom. The van der Waals surface area contributed by atoms with Crippen molar-refractivity contribution in [2.75, 3.05) is 39.0 Å². The van der Waals surface area contributed by atoms with Crippen LogP contribution in [0.2, 0.25) is 5.02 Å². The Morgan fingerprint density at radius 2 is 2.11 bits per heavy atom. The molecule has 0 spiro atoms. The van der Waals surface area contributed by atoms with Crippen LogP contribution in [0.5, 0.6) is 0 Å². The fraction of sp³-hybridized carbons (Fsp3) is 0.385. The van der Waals surface area contributed by atoms with Crippen molar-refractivity contribution in [2.24, 2.45) is 0 Å². The summed E-state index contributed by atoms with van der Waals surface area (Å²) in [4.78, 5) is 27.7. The highest BCUT2D eigenvalue weighted by Gasteiger charge is 2.26. The fourth-order valence-electron chi connectivity index (χ4n) is 1.91. The molecule has 1 aromatic carbocycles. The van der Waals surface area contributed by atoms with Crippen LogP contribution in [0.25, 0.3) is 0 Å². The van der Waals surface area contributed by atoms with Crippen molar-refractivity contribution < 1.29 is 9.59 Å². The predicted molar refractivity (Wildman–Crippen MR) is 74.5 cm³/mol. The number of amides is 2. The van der Waals surface area contributed by atoms with Gasteiger partial charge in [0.05, 0.1) is 11.3 Å². The lowest BCUT2D eigenvalue weighted by Gasteiger charge is -2.21. The Kier molecular flexibility index (Phi) is 4.07. The summed E-state index contributed by atoms with van der Waals surface area (Å²) in [6.45, 7) is 1.28. The third-order valence-corrected chi connectivity index (χ3v) is 3.16. The lowest BCUT2D eigenvalue weighted by Crippen LogP contribution is -2.39. The molecule has 0 bridgehead atoms. The van der Waals surface area contributed by atoms with Gasteiger partial charge in [0, 0.05) is 18.1 Å². The Hall–Kier alpha value is -1.59. The molecule has 0 aromatic heterocycles. The van der Waals surface area contributed by atoms with Crippen LogP contribution in [0.15, 0.2) is 18.2 Å². The number of nitrogens with zero attached hydrogens (tertiary/aromatic N) is 2. The molecule has 1 N–H and O–H groups in total. The van der Waals surface area contributed by atoms with E-state index in [1.54, 1.807) is 18.2 Å². The van der Waals surface area contributed by atoms with Crippen molar-refractivity contribution in [3.05, 3.63) is 28.8 Å². The molecule has 0 radical (unpaired) electrons. The van der Waals surface area contributed by atoms with Crippen LogP contribution in [0.3, 0.4) is 0 Å². The minimum atomic E-state index is -0.187. The number of carbonyl (C=O) groups is 2. The van der Waals surface area contributed by atoms with E-state index in [0.29, 0.717) is 29.4 Å². The Morgan fingerprint density at radius 3 is 2.79 bits per heavy atom. The highest BCUT2D eigenvalue weighted by atomic mass is 35.5. The van der Waals surface area contributed by atoms with Crippen molar-refractivity contribution in [3.8, 4) is 0 Å². The molecular formula is C13H16ClN3O2. The molecule has 6 heteroatoms. The van der Waals surface area contributed by atoms with Crippen LogP contribution in [-0.4, -0.2) is 55.3 Å².